The van der Waals surface area contributed by atoms with Gasteiger partial charge in [-0.25, -0.2) is 0 Å². The predicted molar refractivity (Wildman–Crippen MR) is 104 cm³/mol. The Morgan fingerprint density at radius 1 is 1.15 bits per heavy atom. The van der Waals surface area contributed by atoms with Gasteiger partial charge >= 0.3 is 0 Å². The van der Waals surface area contributed by atoms with Crippen molar-refractivity contribution >= 4 is 17.5 Å². The summed E-state index contributed by atoms with van der Waals surface area (Å²) in [6.45, 7) is 2.21. The average molecular weight is 370 g/mol. The standard InChI is InChI=1S/C23H31NO3/c1-23-13-15(4-2-3-5-21(24)27)22-17-9-7-16(25)12-14(17)6-8-18(22)19(23)10-11-20(23)26/h12,15,18-19H,2-11,13H2,1H3,(H2,24,27)/t15-,18-,19-,23-/m0/s1. The fourth-order valence-electron chi connectivity index (χ4n) is 6.55. The maximum Gasteiger partial charge on any atom is 0.217 e. The zero-order valence-corrected chi connectivity index (χ0v) is 16.4. The second-order valence-electron chi connectivity index (χ2n) is 9.31. The molecule has 0 aliphatic heterocycles. The van der Waals surface area contributed by atoms with Crippen LogP contribution in [0.4, 0.5) is 0 Å². The molecule has 4 nitrogen and oxygen atoms in total. The Bertz CT molecular complexity index is 747. The minimum Gasteiger partial charge on any atom is -0.370 e. The molecule has 0 spiro atoms. The lowest BCUT2D eigenvalue weighted by molar-refractivity contribution is -0.129. The number of rotatable bonds is 5. The minimum absolute atomic E-state index is 0.172. The molecule has 2 N–H and O–H groups in total. The van der Waals surface area contributed by atoms with E-state index in [0.29, 0.717) is 36.4 Å². The van der Waals surface area contributed by atoms with Crippen LogP contribution in [0.5, 0.6) is 0 Å². The van der Waals surface area contributed by atoms with Gasteiger partial charge in [-0.2, -0.15) is 0 Å². The Morgan fingerprint density at radius 2 is 1.96 bits per heavy atom. The van der Waals surface area contributed by atoms with E-state index in [2.05, 4.69) is 6.92 Å². The summed E-state index contributed by atoms with van der Waals surface area (Å²) >= 11 is 0. The van der Waals surface area contributed by atoms with E-state index in [1.165, 1.54) is 11.1 Å². The van der Waals surface area contributed by atoms with Gasteiger partial charge < -0.3 is 5.73 Å². The minimum atomic E-state index is -0.231. The van der Waals surface area contributed by atoms with E-state index in [0.717, 1.165) is 57.8 Å². The molecule has 2 fully saturated rings. The number of hydrogen-bond acceptors (Lipinski definition) is 3. The number of fused-ring (bicyclic) bond motifs is 4. The summed E-state index contributed by atoms with van der Waals surface area (Å²) in [5.41, 5.74) is 9.43. The average Bonchev–Trinajstić information content (AvgIpc) is 2.92. The van der Waals surface area contributed by atoms with Crippen LogP contribution < -0.4 is 5.73 Å². The Kier molecular flexibility index (Phi) is 4.85. The maximum atomic E-state index is 12.8. The molecule has 146 valence electrons. The lowest BCUT2D eigenvalue weighted by Crippen LogP contribution is -2.44. The quantitative estimate of drug-likeness (QED) is 0.743. The van der Waals surface area contributed by atoms with Gasteiger partial charge in [0.1, 0.15) is 5.78 Å². The molecule has 0 saturated heterocycles. The van der Waals surface area contributed by atoms with Crippen molar-refractivity contribution in [3.8, 4) is 0 Å². The smallest absolute Gasteiger partial charge is 0.217 e. The highest BCUT2D eigenvalue weighted by molar-refractivity contribution is 5.93. The Morgan fingerprint density at radius 3 is 2.74 bits per heavy atom. The van der Waals surface area contributed by atoms with E-state index in [1.54, 1.807) is 5.57 Å². The van der Waals surface area contributed by atoms with Crippen LogP contribution in [0.3, 0.4) is 0 Å². The molecule has 4 heteroatoms. The van der Waals surface area contributed by atoms with Crippen molar-refractivity contribution in [3.63, 3.8) is 0 Å². The molecule has 0 bridgehead atoms. The van der Waals surface area contributed by atoms with Gasteiger partial charge in [-0.15, -0.1) is 0 Å². The summed E-state index contributed by atoms with van der Waals surface area (Å²) < 4.78 is 0. The fourth-order valence-corrected chi connectivity index (χ4v) is 6.55. The first kappa shape index (κ1) is 18.6. The molecule has 4 aliphatic carbocycles. The van der Waals surface area contributed by atoms with Crippen LogP contribution in [0, 0.1) is 23.2 Å². The molecule has 1 amide bonds. The molecule has 27 heavy (non-hydrogen) atoms. The van der Waals surface area contributed by atoms with Gasteiger partial charge in [0.05, 0.1) is 0 Å². The summed E-state index contributed by atoms with van der Waals surface area (Å²) in [6, 6.07) is 0. The van der Waals surface area contributed by atoms with Crippen LogP contribution in [0.15, 0.2) is 22.8 Å². The summed E-state index contributed by atoms with van der Waals surface area (Å²) in [4.78, 5) is 35.8. The maximum absolute atomic E-state index is 12.8. The van der Waals surface area contributed by atoms with Crippen molar-refractivity contribution in [2.75, 3.05) is 0 Å². The Hall–Kier alpha value is -1.71. The van der Waals surface area contributed by atoms with Crippen molar-refractivity contribution in [2.24, 2.45) is 28.9 Å². The van der Waals surface area contributed by atoms with Crippen LogP contribution in [0.2, 0.25) is 0 Å². The first-order chi connectivity index (χ1) is 12.9. The number of unbranched alkanes of at least 4 members (excludes halogenated alkanes) is 1. The second-order valence-corrected chi connectivity index (χ2v) is 9.31. The van der Waals surface area contributed by atoms with Crippen molar-refractivity contribution in [1.29, 1.82) is 0 Å². The molecule has 0 aromatic carbocycles. The molecule has 4 aliphatic rings. The number of carbonyl (C=O) groups excluding carboxylic acids is 3. The highest BCUT2D eigenvalue weighted by Crippen LogP contribution is 2.61. The molecular weight excluding hydrogens is 338 g/mol. The number of Topliss-reactive ketones (excluding diaryl/α,β-unsaturated/α-hetero) is 1. The van der Waals surface area contributed by atoms with Crippen LogP contribution in [-0.2, 0) is 14.4 Å². The van der Waals surface area contributed by atoms with E-state index >= 15 is 0 Å². The largest absolute Gasteiger partial charge is 0.370 e. The first-order valence-corrected chi connectivity index (χ1v) is 10.7. The van der Waals surface area contributed by atoms with E-state index in [9.17, 15) is 14.4 Å². The molecule has 0 unspecified atom stereocenters. The van der Waals surface area contributed by atoms with Crippen molar-refractivity contribution in [1.82, 2.24) is 0 Å². The van der Waals surface area contributed by atoms with Gasteiger partial charge in [0, 0.05) is 24.7 Å². The van der Waals surface area contributed by atoms with Gasteiger partial charge in [-0.05, 0) is 79.9 Å². The fraction of sp³-hybridized carbons (Fsp3) is 0.696. The van der Waals surface area contributed by atoms with Crippen LogP contribution in [0.1, 0.15) is 77.6 Å². The highest BCUT2D eigenvalue weighted by atomic mass is 16.1. The number of allylic oxidation sites excluding steroid dienone is 4. The Labute approximate surface area is 161 Å². The van der Waals surface area contributed by atoms with Crippen LogP contribution in [0.25, 0.3) is 0 Å². The van der Waals surface area contributed by atoms with E-state index < -0.39 is 0 Å². The van der Waals surface area contributed by atoms with Gasteiger partial charge in [-0.3, -0.25) is 14.4 Å². The summed E-state index contributed by atoms with van der Waals surface area (Å²) in [5.74, 6) is 1.90. The summed E-state index contributed by atoms with van der Waals surface area (Å²) in [5, 5.41) is 0. The molecular formula is C23H31NO3. The number of hydrogen-bond donors (Lipinski definition) is 1. The van der Waals surface area contributed by atoms with Crippen molar-refractivity contribution < 1.29 is 14.4 Å². The topological polar surface area (TPSA) is 77.2 Å². The van der Waals surface area contributed by atoms with Crippen molar-refractivity contribution in [3.05, 3.63) is 22.8 Å². The lowest BCUT2D eigenvalue weighted by Gasteiger charge is -2.50. The second kappa shape index (κ2) is 7.03. The van der Waals surface area contributed by atoms with Crippen LogP contribution in [-0.4, -0.2) is 17.5 Å². The van der Waals surface area contributed by atoms with E-state index in [-0.39, 0.29) is 17.1 Å². The monoisotopic (exact) mass is 369 g/mol. The van der Waals surface area contributed by atoms with Gasteiger partial charge in [-0.1, -0.05) is 18.9 Å². The molecule has 0 aromatic rings. The first-order valence-electron chi connectivity index (χ1n) is 10.7. The lowest BCUT2D eigenvalue weighted by atomic mass is 9.53. The molecule has 0 radical (unpaired) electrons. The molecule has 0 aromatic heterocycles. The van der Waals surface area contributed by atoms with Gasteiger partial charge in [0.2, 0.25) is 5.91 Å². The summed E-state index contributed by atoms with van der Waals surface area (Å²) in [7, 11) is 0. The molecule has 2 saturated carbocycles. The number of nitrogens with two attached hydrogens (primary N) is 1. The third-order valence-electron chi connectivity index (χ3n) is 7.78. The highest BCUT2D eigenvalue weighted by Gasteiger charge is 2.55. The molecule has 4 atom stereocenters. The molecule has 0 heterocycles. The SMILES string of the molecule is C[C@]12C[C@H](CCCCC(N)=O)C3=C4CCC(=O)C=C4CC[C@H]3[C@@H]1CCC2=O. The zero-order valence-electron chi connectivity index (χ0n) is 16.4. The normalized spacial score (nSPS) is 35.4. The van der Waals surface area contributed by atoms with Crippen LogP contribution >= 0.6 is 0 Å². The Balaban J connectivity index is 1.66. The van der Waals surface area contributed by atoms with E-state index in [4.69, 9.17) is 5.73 Å². The third kappa shape index (κ3) is 3.21. The van der Waals surface area contributed by atoms with Gasteiger partial charge in [0.25, 0.3) is 0 Å². The number of amides is 1. The van der Waals surface area contributed by atoms with E-state index in [1.807, 2.05) is 6.08 Å². The number of primary amides is 1. The van der Waals surface area contributed by atoms with Gasteiger partial charge in [0.15, 0.2) is 5.78 Å². The zero-order chi connectivity index (χ0) is 19.2. The predicted octanol–water partition coefficient (Wildman–Crippen LogP) is 4.03. The third-order valence-corrected chi connectivity index (χ3v) is 7.78. The summed E-state index contributed by atoms with van der Waals surface area (Å²) in [6.07, 6.45) is 11.5. The molecule has 4 rings (SSSR count). The number of ketones is 2. The number of carbonyl (C=O) groups is 3. The van der Waals surface area contributed by atoms with Crippen molar-refractivity contribution in [2.45, 2.75) is 77.6 Å².